The zero-order valence-corrected chi connectivity index (χ0v) is 13.6. The van der Waals surface area contributed by atoms with Gasteiger partial charge in [-0.05, 0) is 58.6 Å². The fraction of sp³-hybridized carbons (Fsp3) is 0.562. The van der Waals surface area contributed by atoms with Crippen LogP contribution in [-0.2, 0) is 14.0 Å². The average Bonchev–Trinajstić information content (AvgIpc) is 2.58. The van der Waals surface area contributed by atoms with Crippen molar-refractivity contribution < 1.29 is 18.8 Å². The molecule has 1 aromatic carbocycles. The van der Waals surface area contributed by atoms with Crippen molar-refractivity contribution in [2.45, 2.75) is 52.7 Å². The second-order valence-corrected chi connectivity index (χ2v) is 6.33. The molecule has 0 amide bonds. The molecule has 1 fully saturated rings. The molecule has 1 heterocycles. The molecule has 1 aliphatic heterocycles. The lowest BCUT2D eigenvalue weighted by Crippen LogP contribution is -2.41. The first-order valence-electron chi connectivity index (χ1n) is 7.32. The van der Waals surface area contributed by atoms with Crippen LogP contribution in [0.15, 0.2) is 18.2 Å². The summed E-state index contributed by atoms with van der Waals surface area (Å²) in [6.07, 6.45) is 0. The fourth-order valence-corrected chi connectivity index (χ4v) is 2.31. The molecule has 2 rings (SSSR count). The smallest absolute Gasteiger partial charge is 0.462 e. The van der Waals surface area contributed by atoms with Crippen LogP contribution in [0.4, 0.5) is 0 Å². The van der Waals surface area contributed by atoms with Crippen molar-refractivity contribution in [3.8, 4) is 0 Å². The Hall–Kier alpha value is -1.33. The van der Waals surface area contributed by atoms with Crippen LogP contribution in [0, 0.1) is 6.92 Å². The molecule has 1 aromatic rings. The molecule has 0 atom stereocenters. The van der Waals surface area contributed by atoms with E-state index in [0.29, 0.717) is 12.2 Å². The number of ether oxygens (including phenoxy) is 1. The second-order valence-electron chi connectivity index (χ2n) is 6.33. The number of rotatable bonds is 3. The van der Waals surface area contributed by atoms with Crippen LogP contribution in [0.25, 0.3) is 0 Å². The van der Waals surface area contributed by atoms with Crippen LogP contribution < -0.4 is 5.46 Å². The minimum absolute atomic E-state index is 0.312. The van der Waals surface area contributed by atoms with Gasteiger partial charge in [0, 0.05) is 0 Å². The molecular weight excluding hydrogens is 267 g/mol. The molecule has 0 aliphatic carbocycles. The van der Waals surface area contributed by atoms with Gasteiger partial charge < -0.3 is 14.0 Å². The molecule has 1 aliphatic rings. The summed E-state index contributed by atoms with van der Waals surface area (Å²) in [6, 6.07) is 5.53. The van der Waals surface area contributed by atoms with Crippen LogP contribution in [0.3, 0.4) is 0 Å². The average molecular weight is 290 g/mol. The minimum Gasteiger partial charge on any atom is -0.462 e. The Bertz CT molecular complexity index is 535. The van der Waals surface area contributed by atoms with Gasteiger partial charge in [-0.2, -0.15) is 0 Å². The van der Waals surface area contributed by atoms with Crippen molar-refractivity contribution >= 4 is 18.6 Å². The first-order chi connectivity index (χ1) is 9.69. The maximum absolute atomic E-state index is 12.0. The Morgan fingerprint density at radius 1 is 1.19 bits per heavy atom. The summed E-state index contributed by atoms with van der Waals surface area (Å²) in [5.41, 5.74) is 1.48. The van der Waals surface area contributed by atoms with E-state index in [1.807, 2.05) is 46.8 Å². The third-order valence-corrected chi connectivity index (χ3v) is 4.38. The normalized spacial score (nSPS) is 19.6. The van der Waals surface area contributed by atoms with Gasteiger partial charge in [0.15, 0.2) is 0 Å². The van der Waals surface area contributed by atoms with Gasteiger partial charge in [-0.3, -0.25) is 0 Å². The molecule has 0 N–H and O–H groups in total. The van der Waals surface area contributed by atoms with Crippen LogP contribution in [0.2, 0.25) is 0 Å². The Balaban J connectivity index is 2.35. The Labute approximate surface area is 126 Å². The summed E-state index contributed by atoms with van der Waals surface area (Å²) < 4.78 is 17.2. The molecule has 0 unspecified atom stereocenters. The van der Waals surface area contributed by atoms with Crippen molar-refractivity contribution in [2.24, 2.45) is 0 Å². The largest absolute Gasteiger partial charge is 0.495 e. The lowest BCUT2D eigenvalue weighted by atomic mass is 9.75. The molecule has 21 heavy (non-hydrogen) atoms. The number of benzene rings is 1. The van der Waals surface area contributed by atoms with Crippen molar-refractivity contribution in [3.63, 3.8) is 0 Å². The zero-order chi connectivity index (χ0) is 15.8. The molecular formula is C16H23BO4. The highest BCUT2D eigenvalue weighted by atomic mass is 16.7. The molecule has 5 heteroatoms. The van der Waals surface area contributed by atoms with Gasteiger partial charge in [0.1, 0.15) is 0 Å². The van der Waals surface area contributed by atoms with Gasteiger partial charge in [-0.25, -0.2) is 4.79 Å². The van der Waals surface area contributed by atoms with E-state index >= 15 is 0 Å². The quantitative estimate of drug-likeness (QED) is 0.633. The Kier molecular flexibility index (Phi) is 4.18. The number of esters is 1. The van der Waals surface area contributed by atoms with Crippen LogP contribution in [0.1, 0.15) is 50.5 Å². The van der Waals surface area contributed by atoms with E-state index in [4.69, 9.17) is 14.0 Å². The molecule has 0 radical (unpaired) electrons. The first kappa shape index (κ1) is 16.1. The summed E-state index contributed by atoms with van der Waals surface area (Å²) in [5, 5.41) is 0. The minimum atomic E-state index is -0.468. The van der Waals surface area contributed by atoms with E-state index in [9.17, 15) is 4.79 Å². The predicted molar refractivity (Wildman–Crippen MR) is 82.9 cm³/mol. The van der Waals surface area contributed by atoms with E-state index in [1.165, 1.54) is 0 Å². The highest BCUT2D eigenvalue weighted by Gasteiger charge is 2.52. The molecule has 0 spiro atoms. The topological polar surface area (TPSA) is 44.8 Å². The maximum Gasteiger partial charge on any atom is 0.495 e. The highest BCUT2D eigenvalue weighted by Crippen LogP contribution is 2.36. The Morgan fingerprint density at radius 2 is 1.76 bits per heavy atom. The van der Waals surface area contributed by atoms with Crippen LogP contribution in [-0.4, -0.2) is 30.9 Å². The molecule has 0 saturated carbocycles. The van der Waals surface area contributed by atoms with Gasteiger partial charge in [0.25, 0.3) is 0 Å². The molecule has 0 aromatic heterocycles. The third kappa shape index (κ3) is 2.85. The van der Waals surface area contributed by atoms with Gasteiger partial charge in [-0.1, -0.05) is 12.1 Å². The molecule has 4 nitrogen and oxygen atoms in total. The summed E-state index contributed by atoms with van der Waals surface area (Å²) in [5.74, 6) is -0.312. The molecule has 0 bridgehead atoms. The number of carbonyl (C=O) groups excluding carboxylic acids is 1. The maximum atomic E-state index is 12.0. The number of hydrogen-bond donors (Lipinski definition) is 0. The number of carbonyl (C=O) groups is 1. The van der Waals surface area contributed by atoms with Crippen LogP contribution in [0.5, 0.6) is 0 Å². The molecule has 1 saturated heterocycles. The first-order valence-corrected chi connectivity index (χ1v) is 7.32. The van der Waals surface area contributed by atoms with E-state index in [2.05, 4.69) is 0 Å². The van der Waals surface area contributed by atoms with E-state index in [0.717, 1.165) is 11.0 Å². The van der Waals surface area contributed by atoms with Gasteiger partial charge in [-0.15, -0.1) is 0 Å². The Morgan fingerprint density at radius 3 is 2.29 bits per heavy atom. The lowest BCUT2D eigenvalue weighted by Gasteiger charge is -2.32. The van der Waals surface area contributed by atoms with Gasteiger partial charge in [0.2, 0.25) is 0 Å². The van der Waals surface area contributed by atoms with Crippen LogP contribution >= 0.6 is 0 Å². The lowest BCUT2D eigenvalue weighted by molar-refractivity contribution is 0.00578. The van der Waals surface area contributed by atoms with Crippen molar-refractivity contribution in [2.75, 3.05) is 6.61 Å². The summed E-state index contributed by atoms with van der Waals surface area (Å²) in [7, 11) is -0.468. The second kappa shape index (κ2) is 5.46. The van der Waals surface area contributed by atoms with Gasteiger partial charge >= 0.3 is 13.1 Å². The number of hydrogen-bond acceptors (Lipinski definition) is 4. The zero-order valence-electron chi connectivity index (χ0n) is 13.6. The summed E-state index contributed by atoms with van der Waals surface area (Å²) in [4.78, 5) is 12.0. The standard InChI is InChI=1S/C16H23BO4/c1-7-19-14(18)12-9-8-10-13(11(12)2)17-20-15(3,4)16(5,6)21-17/h8-10H,7H2,1-6H3. The van der Waals surface area contributed by atoms with E-state index < -0.39 is 18.3 Å². The fourth-order valence-electron chi connectivity index (χ4n) is 2.31. The third-order valence-electron chi connectivity index (χ3n) is 4.38. The van der Waals surface area contributed by atoms with E-state index in [-0.39, 0.29) is 5.97 Å². The van der Waals surface area contributed by atoms with Crippen molar-refractivity contribution in [1.82, 2.24) is 0 Å². The van der Waals surface area contributed by atoms with E-state index in [1.54, 1.807) is 13.0 Å². The molecule has 114 valence electrons. The van der Waals surface area contributed by atoms with Crippen molar-refractivity contribution in [1.29, 1.82) is 0 Å². The van der Waals surface area contributed by atoms with Gasteiger partial charge in [0.05, 0.1) is 23.4 Å². The van der Waals surface area contributed by atoms with Crippen molar-refractivity contribution in [3.05, 3.63) is 29.3 Å². The predicted octanol–water partition coefficient (Wildman–Crippen LogP) is 2.47. The SMILES string of the molecule is CCOC(=O)c1cccc(B2OC(C)(C)C(C)(C)O2)c1C. The summed E-state index contributed by atoms with van der Waals surface area (Å²) in [6.45, 7) is 12.1. The highest BCUT2D eigenvalue weighted by molar-refractivity contribution is 6.62. The summed E-state index contributed by atoms with van der Waals surface area (Å²) >= 11 is 0. The monoisotopic (exact) mass is 290 g/mol.